The van der Waals surface area contributed by atoms with Gasteiger partial charge in [0.1, 0.15) is 10.6 Å². The van der Waals surface area contributed by atoms with Crippen LogP contribution in [-0.4, -0.2) is 34.1 Å². The molecule has 0 heterocycles. The Hall–Kier alpha value is -2.87. The van der Waals surface area contributed by atoms with Crippen LogP contribution in [0.1, 0.15) is 27.6 Å². The van der Waals surface area contributed by atoms with E-state index in [2.05, 4.69) is 4.74 Å². The first-order chi connectivity index (χ1) is 11.9. The number of hydrogen-bond acceptors (Lipinski definition) is 7. The predicted molar refractivity (Wildman–Crippen MR) is 88.0 cm³/mol. The summed E-state index contributed by atoms with van der Waals surface area (Å²) in [4.78, 5) is 23.0. The van der Waals surface area contributed by atoms with Crippen LogP contribution >= 0.6 is 0 Å². The number of hydrogen-bond donors (Lipinski definition) is 0. The minimum Gasteiger partial charge on any atom is -0.465 e. The van der Waals surface area contributed by atoms with Crippen LogP contribution < -0.4 is 4.18 Å². The maximum Gasteiger partial charge on any atom is 0.339 e. The van der Waals surface area contributed by atoms with E-state index in [0.717, 1.165) is 6.07 Å². The summed E-state index contributed by atoms with van der Waals surface area (Å²) in [6.07, 6.45) is 0. The molecule has 0 spiro atoms. The fraction of sp³-hybridized carbons (Fsp3) is 0.176. The van der Waals surface area contributed by atoms with Crippen molar-refractivity contribution in [3.8, 4) is 5.75 Å². The lowest BCUT2D eigenvalue weighted by Gasteiger charge is -2.09. The first kappa shape index (κ1) is 18.5. The largest absolute Gasteiger partial charge is 0.465 e. The zero-order chi connectivity index (χ0) is 18.4. The Balaban J connectivity index is 2.29. The fourth-order valence-corrected chi connectivity index (χ4v) is 2.93. The minimum absolute atomic E-state index is 0.0514. The molecule has 0 N–H and O–H groups in total. The smallest absolute Gasteiger partial charge is 0.339 e. The standard InChI is InChI=1S/C17H16O7S/c1-3-23-17(19)13-7-5-9-15(11-13)25(20,21)24-14-8-4-6-12(10-14)16(18)22-2/h4-11H,3H2,1-2H3. The Morgan fingerprint density at radius 1 is 0.960 bits per heavy atom. The molecule has 2 aromatic rings. The van der Waals surface area contributed by atoms with E-state index in [0.29, 0.717) is 0 Å². The molecule has 0 saturated carbocycles. The Morgan fingerprint density at radius 2 is 1.60 bits per heavy atom. The Kier molecular flexibility index (Phi) is 5.76. The highest BCUT2D eigenvalue weighted by atomic mass is 32.2. The Labute approximate surface area is 145 Å². The van der Waals surface area contributed by atoms with Crippen molar-refractivity contribution in [1.82, 2.24) is 0 Å². The monoisotopic (exact) mass is 364 g/mol. The second-order valence-corrected chi connectivity index (χ2v) is 6.35. The highest BCUT2D eigenvalue weighted by Crippen LogP contribution is 2.21. The van der Waals surface area contributed by atoms with Gasteiger partial charge in [-0.05, 0) is 43.3 Å². The van der Waals surface area contributed by atoms with Gasteiger partial charge >= 0.3 is 22.1 Å². The molecule has 0 amide bonds. The van der Waals surface area contributed by atoms with Crippen molar-refractivity contribution in [2.45, 2.75) is 11.8 Å². The van der Waals surface area contributed by atoms with Crippen molar-refractivity contribution in [3.63, 3.8) is 0 Å². The number of carbonyl (C=O) groups excluding carboxylic acids is 2. The number of benzene rings is 2. The number of ether oxygens (including phenoxy) is 2. The third kappa shape index (κ3) is 4.57. The van der Waals surface area contributed by atoms with Gasteiger partial charge in [-0.25, -0.2) is 9.59 Å². The van der Waals surface area contributed by atoms with Gasteiger partial charge in [0.05, 0.1) is 24.8 Å². The molecule has 0 aliphatic carbocycles. The fourth-order valence-electron chi connectivity index (χ4n) is 1.96. The zero-order valence-corrected chi connectivity index (χ0v) is 14.4. The molecule has 0 fully saturated rings. The van der Waals surface area contributed by atoms with E-state index in [1.54, 1.807) is 6.92 Å². The molecule has 0 aliphatic rings. The molecule has 0 bridgehead atoms. The first-order valence-corrected chi connectivity index (χ1v) is 8.68. The van der Waals surface area contributed by atoms with Crippen LogP contribution in [-0.2, 0) is 19.6 Å². The van der Waals surface area contributed by atoms with Gasteiger partial charge in [0.15, 0.2) is 0 Å². The van der Waals surface area contributed by atoms with Crippen LogP contribution in [0.3, 0.4) is 0 Å². The van der Waals surface area contributed by atoms with Crippen molar-refractivity contribution in [2.24, 2.45) is 0 Å². The summed E-state index contributed by atoms with van der Waals surface area (Å²) in [5, 5.41) is 0. The van der Waals surface area contributed by atoms with Gasteiger partial charge in [0.25, 0.3) is 0 Å². The summed E-state index contributed by atoms with van der Waals surface area (Å²) in [5.74, 6) is -1.30. The van der Waals surface area contributed by atoms with Crippen LogP contribution in [0.5, 0.6) is 5.75 Å². The molecule has 0 aromatic heterocycles. The van der Waals surface area contributed by atoms with Crippen LogP contribution in [0.15, 0.2) is 53.4 Å². The Bertz CT molecular complexity index is 887. The van der Waals surface area contributed by atoms with Crippen LogP contribution in [0.4, 0.5) is 0 Å². The second kappa shape index (κ2) is 7.80. The molecule has 25 heavy (non-hydrogen) atoms. The number of rotatable bonds is 6. The van der Waals surface area contributed by atoms with Crippen molar-refractivity contribution in [2.75, 3.05) is 13.7 Å². The summed E-state index contributed by atoms with van der Waals surface area (Å²) in [6.45, 7) is 1.82. The van der Waals surface area contributed by atoms with E-state index < -0.39 is 22.1 Å². The highest BCUT2D eigenvalue weighted by Gasteiger charge is 2.20. The highest BCUT2D eigenvalue weighted by molar-refractivity contribution is 7.87. The topological polar surface area (TPSA) is 96.0 Å². The van der Waals surface area contributed by atoms with Crippen LogP contribution in [0.25, 0.3) is 0 Å². The maximum absolute atomic E-state index is 12.4. The van der Waals surface area contributed by atoms with Crippen molar-refractivity contribution in [3.05, 3.63) is 59.7 Å². The third-order valence-electron chi connectivity index (χ3n) is 3.09. The van der Waals surface area contributed by atoms with Crippen LogP contribution in [0.2, 0.25) is 0 Å². The molecule has 0 atom stereocenters. The lowest BCUT2D eigenvalue weighted by molar-refractivity contribution is 0.0525. The second-order valence-electron chi connectivity index (χ2n) is 4.81. The zero-order valence-electron chi connectivity index (χ0n) is 13.6. The van der Waals surface area contributed by atoms with E-state index in [9.17, 15) is 18.0 Å². The molecular formula is C17H16O7S. The first-order valence-electron chi connectivity index (χ1n) is 7.27. The Morgan fingerprint density at radius 3 is 2.24 bits per heavy atom. The summed E-state index contributed by atoms with van der Waals surface area (Å²) >= 11 is 0. The normalized spacial score (nSPS) is 10.8. The molecule has 0 aliphatic heterocycles. The molecule has 0 radical (unpaired) electrons. The average Bonchev–Trinajstić information content (AvgIpc) is 2.61. The lowest BCUT2D eigenvalue weighted by Crippen LogP contribution is -2.12. The molecule has 7 nitrogen and oxygen atoms in total. The molecule has 2 rings (SSSR count). The molecule has 132 valence electrons. The van der Waals surface area contributed by atoms with Gasteiger partial charge in [-0.15, -0.1) is 0 Å². The van der Waals surface area contributed by atoms with Crippen molar-refractivity contribution in [1.29, 1.82) is 0 Å². The SMILES string of the molecule is CCOC(=O)c1cccc(S(=O)(=O)Oc2cccc(C(=O)OC)c2)c1. The van der Waals surface area contributed by atoms with E-state index in [4.69, 9.17) is 8.92 Å². The van der Waals surface area contributed by atoms with Gasteiger partial charge < -0.3 is 13.7 Å². The number of methoxy groups -OCH3 is 1. The van der Waals surface area contributed by atoms with E-state index in [-0.39, 0.29) is 28.4 Å². The van der Waals surface area contributed by atoms with Gasteiger partial charge in [-0.1, -0.05) is 12.1 Å². The molecule has 2 aromatic carbocycles. The van der Waals surface area contributed by atoms with Crippen LogP contribution in [0, 0.1) is 0 Å². The van der Waals surface area contributed by atoms with E-state index in [1.807, 2.05) is 0 Å². The number of esters is 2. The van der Waals surface area contributed by atoms with E-state index >= 15 is 0 Å². The molecule has 0 unspecified atom stereocenters. The third-order valence-corrected chi connectivity index (χ3v) is 4.34. The predicted octanol–water partition coefficient (Wildman–Crippen LogP) is 2.42. The molecule has 8 heteroatoms. The quantitative estimate of drug-likeness (QED) is 0.574. The summed E-state index contributed by atoms with van der Waals surface area (Å²) in [7, 11) is -2.98. The number of carbonyl (C=O) groups is 2. The van der Waals surface area contributed by atoms with Gasteiger partial charge in [-0.2, -0.15) is 8.42 Å². The van der Waals surface area contributed by atoms with Crippen molar-refractivity contribution < 1.29 is 31.7 Å². The van der Waals surface area contributed by atoms with Gasteiger partial charge in [0, 0.05) is 0 Å². The summed E-state index contributed by atoms with van der Waals surface area (Å²) in [6, 6.07) is 10.9. The van der Waals surface area contributed by atoms with Gasteiger partial charge in [0.2, 0.25) is 0 Å². The molecule has 0 saturated heterocycles. The van der Waals surface area contributed by atoms with Crippen molar-refractivity contribution >= 4 is 22.1 Å². The lowest BCUT2D eigenvalue weighted by atomic mass is 10.2. The minimum atomic E-state index is -4.19. The maximum atomic E-state index is 12.4. The van der Waals surface area contributed by atoms with E-state index in [1.165, 1.54) is 49.6 Å². The van der Waals surface area contributed by atoms with Gasteiger partial charge in [-0.3, -0.25) is 0 Å². The molecular weight excluding hydrogens is 348 g/mol. The summed E-state index contributed by atoms with van der Waals surface area (Å²) < 4.78 is 39.2. The average molecular weight is 364 g/mol. The summed E-state index contributed by atoms with van der Waals surface area (Å²) in [5.41, 5.74) is 0.241.